The van der Waals surface area contributed by atoms with E-state index in [2.05, 4.69) is 32.7 Å². The normalized spacial score (nSPS) is 18.2. The van der Waals surface area contributed by atoms with Gasteiger partial charge in [-0.05, 0) is 26.1 Å². The minimum Gasteiger partial charge on any atom is -0.393 e. The fraction of sp³-hybridized carbons (Fsp3) is 1.00. The molecule has 0 aliphatic heterocycles. The van der Waals surface area contributed by atoms with Crippen molar-refractivity contribution in [3.8, 4) is 0 Å². The lowest BCUT2D eigenvalue weighted by Gasteiger charge is -2.44. The van der Waals surface area contributed by atoms with E-state index in [1.165, 1.54) is 0 Å². The Kier molecular flexibility index (Phi) is 7.12. The third kappa shape index (κ3) is 5.19. The van der Waals surface area contributed by atoms with Crippen LogP contribution in [0.4, 0.5) is 0 Å². The van der Waals surface area contributed by atoms with Gasteiger partial charge in [0.2, 0.25) is 0 Å². The fourth-order valence-electron chi connectivity index (χ4n) is 1.73. The Labute approximate surface area is 108 Å². The second-order valence-corrected chi connectivity index (χ2v) is 13.2. The Balaban J connectivity index is 5.09. The molecule has 17 heavy (non-hydrogen) atoms. The van der Waals surface area contributed by atoms with Crippen molar-refractivity contribution in [1.82, 2.24) is 0 Å². The van der Waals surface area contributed by atoms with Crippen LogP contribution in [-0.2, 0) is 9.16 Å². The minimum atomic E-state index is -1.85. The van der Waals surface area contributed by atoms with E-state index < -0.39 is 28.6 Å². The van der Waals surface area contributed by atoms with Crippen molar-refractivity contribution in [1.29, 1.82) is 0 Å². The van der Waals surface area contributed by atoms with Crippen molar-refractivity contribution in [2.45, 2.75) is 57.6 Å². The van der Waals surface area contributed by atoms with Crippen molar-refractivity contribution < 1.29 is 19.4 Å². The first-order valence-corrected chi connectivity index (χ1v) is 12.6. The van der Waals surface area contributed by atoms with Crippen molar-refractivity contribution in [2.75, 3.05) is 13.2 Å². The van der Waals surface area contributed by atoms with Gasteiger partial charge < -0.3 is 19.4 Å². The number of aliphatic hydroxyl groups excluding tert-OH is 2. The van der Waals surface area contributed by atoms with Crippen LogP contribution in [0.1, 0.15) is 13.3 Å². The Morgan fingerprint density at radius 3 is 2.12 bits per heavy atom. The fourth-order valence-corrected chi connectivity index (χ4v) is 6.21. The molecule has 0 aromatic rings. The number of hydrogen-bond acceptors (Lipinski definition) is 4. The lowest BCUT2D eigenvalue weighted by molar-refractivity contribution is -0.199. The molecular weight excluding hydrogens is 252 g/mol. The summed E-state index contributed by atoms with van der Waals surface area (Å²) in [6, 6.07) is 0. The molecule has 0 aliphatic rings. The summed E-state index contributed by atoms with van der Waals surface area (Å²) in [6.45, 7) is 12.6. The van der Waals surface area contributed by atoms with E-state index in [0.717, 1.165) is 6.42 Å². The number of ether oxygens (including phenoxy) is 1. The molecule has 0 saturated heterocycles. The monoisotopic (exact) mass is 280 g/mol. The standard InChI is InChI=1S/C11H28O4Si2/c1-7-8-14-11(16(2)3,10(13)9-12)15-17(4,5)6/h10,12-13,16H,7-9H2,1-6H3. The second-order valence-electron chi connectivity index (χ2n) is 5.64. The Bertz CT molecular complexity index is 218. The van der Waals surface area contributed by atoms with Crippen LogP contribution in [0.3, 0.4) is 0 Å². The van der Waals surface area contributed by atoms with Gasteiger partial charge in [-0.3, -0.25) is 0 Å². The molecule has 0 rings (SSSR count). The van der Waals surface area contributed by atoms with Crippen LogP contribution in [0.5, 0.6) is 0 Å². The quantitative estimate of drug-likeness (QED) is 0.520. The van der Waals surface area contributed by atoms with Crippen molar-refractivity contribution in [3.05, 3.63) is 0 Å². The van der Waals surface area contributed by atoms with Crippen LogP contribution in [0.25, 0.3) is 0 Å². The topological polar surface area (TPSA) is 58.9 Å². The predicted octanol–water partition coefficient (Wildman–Crippen LogP) is 1.34. The molecule has 2 unspecified atom stereocenters. The van der Waals surface area contributed by atoms with Gasteiger partial charge in [-0.2, -0.15) is 0 Å². The predicted molar refractivity (Wildman–Crippen MR) is 75.4 cm³/mol. The highest BCUT2D eigenvalue weighted by Crippen LogP contribution is 2.27. The smallest absolute Gasteiger partial charge is 0.187 e. The third-order valence-corrected chi connectivity index (χ3v) is 5.89. The van der Waals surface area contributed by atoms with E-state index in [4.69, 9.17) is 9.16 Å². The lowest BCUT2D eigenvalue weighted by atomic mass is 10.3. The molecule has 2 N–H and O–H groups in total. The summed E-state index contributed by atoms with van der Waals surface area (Å²) < 4.78 is 11.9. The van der Waals surface area contributed by atoms with Crippen LogP contribution in [0, 0.1) is 0 Å². The zero-order valence-electron chi connectivity index (χ0n) is 12.0. The highest BCUT2D eigenvalue weighted by molar-refractivity contribution is 6.71. The first kappa shape index (κ1) is 17.3. The molecule has 0 aromatic carbocycles. The maximum Gasteiger partial charge on any atom is 0.187 e. The average Bonchev–Trinajstić information content (AvgIpc) is 2.21. The molecule has 0 aliphatic carbocycles. The minimum absolute atomic E-state index is 0.320. The zero-order valence-corrected chi connectivity index (χ0v) is 14.1. The molecule has 2 atom stereocenters. The molecule has 0 radical (unpaired) electrons. The van der Waals surface area contributed by atoms with Gasteiger partial charge in [0, 0.05) is 6.61 Å². The molecule has 0 amide bonds. The van der Waals surface area contributed by atoms with Crippen LogP contribution in [-0.4, -0.2) is 52.1 Å². The summed E-state index contributed by atoms with van der Waals surface area (Å²) in [5.41, 5.74) is -0.949. The number of hydrogen-bond donors (Lipinski definition) is 2. The first-order chi connectivity index (χ1) is 7.69. The van der Waals surface area contributed by atoms with E-state index >= 15 is 0 Å². The van der Waals surface area contributed by atoms with Gasteiger partial charge in [0.25, 0.3) is 0 Å². The van der Waals surface area contributed by atoms with Crippen molar-refractivity contribution in [2.24, 2.45) is 0 Å². The SMILES string of the molecule is CCCOC(O[Si](C)(C)C)(C(O)CO)[SiH](C)C. The average molecular weight is 281 g/mol. The van der Waals surface area contributed by atoms with E-state index in [-0.39, 0.29) is 6.61 Å². The van der Waals surface area contributed by atoms with Crippen LogP contribution < -0.4 is 0 Å². The number of rotatable bonds is 8. The van der Waals surface area contributed by atoms with Gasteiger partial charge in [0.1, 0.15) is 14.9 Å². The van der Waals surface area contributed by atoms with Crippen molar-refractivity contribution >= 4 is 17.1 Å². The van der Waals surface area contributed by atoms with Gasteiger partial charge in [0.15, 0.2) is 13.7 Å². The maximum absolute atomic E-state index is 10.1. The van der Waals surface area contributed by atoms with Gasteiger partial charge in [-0.15, -0.1) is 0 Å². The van der Waals surface area contributed by atoms with Gasteiger partial charge in [-0.1, -0.05) is 20.0 Å². The summed E-state index contributed by atoms with van der Waals surface area (Å²) in [4.78, 5) is 0. The number of aliphatic hydroxyl groups is 2. The highest BCUT2D eigenvalue weighted by atomic mass is 28.4. The zero-order chi connectivity index (χ0) is 13.7. The Hall–Kier alpha value is 0.274. The third-order valence-electron chi connectivity index (χ3n) is 2.44. The van der Waals surface area contributed by atoms with Crippen molar-refractivity contribution in [3.63, 3.8) is 0 Å². The summed E-state index contributed by atoms with van der Waals surface area (Å²) in [5.74, 6) is 0. The molecule has 0 aromatic heterocycles. The summed E-state index contributed by atoms with van der Waals surface area (Å²) >= 11 is 0. The molecular formula is C11H28O4Si2. The van der Waals surface area contributed by atoms with Crippen LogP contribution in [0.2, 0.25) is 32.7 Å². The van der Waals surface area contributed by atoms with Gasteiger partial charge in [0.05, 0.1) is 6.61 Å². The second kappa shape index (κ2) is 7.01. The summed E-state index contributed by atoms with van der Waals surface area (Å²) in [5, 5.41) is 19.3. The highest BCUT2D eigenvalue weighted by Gasteiger charge is 2.46. The molecule has 104 valence electrons. The van der Waals surface area contributed by atoms with E-state index in [1.54, 1.807) is 0 Å². The van der Waals surface area contributed by atoms with Crippen LogP contribution >= 0.6 is 0 Å². The summed E-state index contributed by atoms with van der Waals surface area (Å²) in [6.07, 6.45) is -0.0803. The molecule has 0 fully saturated rings. The Morgan fingerprint density at radius 2 is 1.82 bits per heavy atom. The maximum atomic E-state index is 10.1. The molecule has 6 heteroatoms. The first-order valence-electron chi connectivity index (χ1n) is 6.32. The van der Waals surface area contributed by atoms with Gasteiger partial charge >= 0.3 is 0 Å². The van der Waals surface area contributed by atoms with E-state index in [9.17, 15) is 10.2 Å². The summed E-state index contributed by atoms with van der Waals surface area (Å²) in [7, 11) is -3.29. The van der Waals surface area contributed by atoms with Gasteiger partial charge in [-0.25, -0.2) is 0 Å². The largest absolute Gasteiger partial charge is 0.393 e. The Morgan fingerprint density at radius 1 is 1.29 bits per heavy atom. The lowest BCUT2D eigenvalue weighted by Crippen LogP contribution is -2.61. The molecule has 0 bridgehead atoms. The molecule has 0 heterocycles. The molecule has 0 spiro atoms. The molecule has 0 saturated carbocycles. The van der Waals surface area contributed by atoms with E-state index in [1.807, 2.05) is 6.92 Å². The van der Waals surface area contributed by atoms with E-state index in [0.29, 0.717) is 6.61 Å². The molecule has 4 nitrogen and oxygen atoms in total. The van der Waals surface area contributed by atoms with Crippen LogP contribution in [0.15, 0.2) is 0 Å².